The molecule has 2 amide bonds. The monoisotopic (exact) mass is 340 g/mol. The smallest absolute Gasteiger partial charge is 0.407 e. The third-order valence-corrected chi connectivity index (χ3v) is 2.82. The second-order valence-electron chi connectivity index (χ2n) is 6.86. The predicted octanol–water partition coefficient (Wildman–Crippen LogP) is 2.98. The summed E-state index contributed by atoms with van der Waals surface area (Å²) < 4.78 is 24.5. The molecule has 7 heteroatoms. The number of nitrogens with two attached hydrogens (primary N) is 1. The summed E-state index contributed by atoms with van der Waals surface area (Å²) in [4.78, 5) is 23.2. The van der Waals surface area contributed by atoms with Gasteiger partial charge in [0.05, 0.1) is 6.61 Å². The van der Waals surface area contributed by atoms with Gasteiger partial charge in [-0.2, -0.15) is 0 Å². The number of halogens is 1. The molecule has 0 aromatic heterocycles. The fraction of sp³-hybridized carbons (Fsp3) is 0.529. The van der Waals surface area contributed by atoms with Crippen LogP contribution >= 0.6 is 0 Å². The van der Waals surface area contributed by atoms with Gasteiger partial charge in [-0.25, -0.2) is 9.18 Å². The molecule has 1 aromatic rings. The molecule has 0 saturated heterocycles. The van der Waals surface area contributed by atoms with Gasteiger partial charge in [-0.3, -0.25) is 4.79 Å². The lowest BCUT2D eigenvalue weighted by atomic mass is 10.1. The highest BCUT2D eigenvalue weighted by atomic mass is 19.1. The average Bonchev–Trinajstić information content (AvgIpc) is 2.42. The molecule has 1 rings (SSSR count). The number of alkyl carbamates (subject to hydrolysis) is 1. The fourth-order valence-corrected chi connectivity index (χ4v) is 1.82. The molecule has 0 aliphatic carbocycles. The lowest BCUT2D eigenvalue weighted by molar-refractivity contribution is 0.0522. The third kappa shape index (κ3) is 6.44. The van der Waals surface area contributed by atoms with Crippen molar-refractivity contribution in [3.8, 4) is 5.75 Å². The summed E-state index contributed by atoms with van der Waals surface area (Å²) in [5.74, 6) is -1.24. The molecule has 3 N–H and O–H groups in total. The minimum Gasteiger partial charge on any atom is -0.490 e. The average molecular weight is 340 g/mol. The van der Waals surface area contributed by atoms with Crippen molar-refractivity contribution in [1.82, 2.24) is 5.32 Å². The second-order valence-corrected chi connectivity index (χ2v) is 6.86. The van der Waals surface area contributed by atoms with E-state index in [2.05, 4.69) is 5.32 Å². The number of benzene rings is 1. The largest absolute Gasteiger partial charge is 0.490 e. The summed E-state index contributed by atoms with van der Waals surface area (Å²) in [5.41, 5.74) is 4.97. The van der Waals surface area contributed by atoms with Crippen molar-refractivity contribution in [3.63, 3.8) is 0 Å². The first-order valence-corrected chi connectivity index (χ1v) is 7.71. The molecule has 0 atom stereocenters. The van der Waals surface area contributed by atoms with E-state index in [1.54, 1.807) is 20.8 Å². The normalized spacial score (nSPS) is 11.3. The molecule has 0 radical (unpaired) electrons. The molecule has 24 heavy (non-hydrogen) atoms. The minimum atomic E-state index is -0.787. The van der Waals surface area contributed by atoms with Crippen LogP contribution in [0.25, 0.3) is 0 Å². The van der Waals surface area contributed by atoms with Crippen LogP contribution in [0, 0.1) is 11.7 Å². The van der Waals surface area contributed by atoms with Gasteiger partial charge in [-0.05, 0) is 44.4 Å². The zero-order valence-corrected chi connectivity index (χ0v) is 14.7. The van der Waals surface area contributed by atoms with Gasteiger partial charge in [-0.1, -0.05) is 13.8 Å². The summed E-state index contributed by atoms with van der Waals surface area (Å²) >= 11 is 0. The highest BCUT2D eigenvalue weighted by molar-refractivity contribution is 5.94. The standard InChI is InChI=1S/C17H25FN2O4/c1-10(2)9-23-14-6-11(12(15(19)21)7-13(14)18)8-20-16(22)24-17(3,4)5/h6-7,10H,8-9H2,1-5H3,(H2,19,21)(H,20,22). The Morgan fingerprint density at radius 3 is 2.42 bits per heavy atom. The Labute approximate surface area is 141 Å². The molecule has 0 saturated carbocycles. The Balaban J connectivity index is 2.95. The molecule has 0 fully saturated rings. The fourth-order valence-electron chi connectivity index (χ4n) is 1.82. The van der Waals surface area contributed by atoms with E-state index in [0.717, 1.165) is 6.07 Å². The van der Waals surface area contributed by atoms with E-state index in [1.807, 2.05) is 13.8 Å². The van der Waals surface area contributed by atoms with Crippen LogP contribution in [-0.4, -0.2) is 24.2 Å². The summed E-state index contributed by atoms with van der Waals surface area (Å²) in [6, 6.07) is 2.39. The molecule has 134 valence electrons. The van der Waals surface area contributed by atoms with Crippen LogP contribution in [-0.2, 0) is 11.3 Å². The Morgan fingerprint density at radius 1 is 1.29 bits per heavy atom. The van der Waals surface area contributed by atoms with E-state index < -0.39 is 23.4 Å². The number of nitrogens with one attached hydrogen (secondary N) is 1. The van der Waals surface area contributed by atoms with Crippen LogP contribution < -0.4 is 15.8 Å². The van der Waals surface area contributed by atoms with Crippen molar-refractivity contribution in [1.29, 1.82) is 0 Å². The van der Waals surface area contributed by atoms with Crippen molar-refractivity contribution in [2.45, 2.75) is 46.8 Å². The van der Waals surface area contributed by atoms with Crippen molar-refractivity contribution in [2.75, 3.05) is 6.61 Å². The van der Waals surface area contributed by atoms with Gasteiger partial charge < -0.3 is 20.5 Å². The predicted molar refractivity (Wildman–Crippen MR) is 88.3 cm³/mol. The summed E-state index contributed by atoms with van der Waals surface area (Å²) in [6.07, 6.45) is -0.646. The lowest BCUT2D eigenvalue weighted by Crippen LogP contribution is -2.32. The summed E-state index contributed by atoms with van der Waals surface area (Å²) in [7, 11) is 0. The number of primary amides is 1. The number of hydrogen-bond donors (Lipinski definition) is 2. The molecular formula is C17H25FN2O4. The molecule has 0 aliphatic rings. The number of hydrogen-bond acceptors (Lipinski definition) is 4. The van der Waals surface area contributed by atoms with Crippen molar-refractivity contribution in [3.05, 3.63) is 29.1 Å². The van der Waals surface area contributed by atoms with Crippen molar-refractivity contribution in [2.24, 2.45) is 11.7 Å². The van der Waals surface area contributed by atoms with Crippen molar-refractivity contribution < 1.29 is 23.5 Å². The van der Waals surface area contributed by atoms with Gasteiger partial charge in [0.25, 0.3) is 0 Å². The Bertz CT molecular complexity index is 609. The summed E-state index contributed by atoms with van der Waals surface area (Å²) in [5, 5.41) is 2.52. The minimum absolute atomic E-state index is 0.00897. The van der Waals surface area contributed by atoms with Gasteiger partial charge >= 0.3 is 6.09 Å². The first-order valence-electron chi connectivity index (χ1n) is 7.71. The van der Waals surface area contributed by atoms with E-state index in [0.29, 0.717) is 12.2 Å². The van der Waals surface area contributed by atoms with Crippen LogP contribution in [0.5, 0.6) is 5.75 Å². The number of carbonyl (C=O) groups excluding carboxylic acids is 2. The lowest BCUT2D eigenvalue weighted by Gasteiger charge is -2.20. The highest BCUT2D eigenvalue weighted by Gasteiger charge is 2.18. The van der Waals surface area contributed by atoms with E-state index in [4.69, 9.17) is 15.2 Å². The zero-order chi connectivity index (χ0) is 18.5. The maximum absolute atomic E-state index is 14.0. The molecular weight excluding hydrogens is 315 g/mol. The summed E-state index contributed by atoms with van der Waals surface area (Å²) in [6.45, 7) is 9.35. The first kappa shape index (κ1) is 19.7. The Morgan fingerprint density at radius 2 is 1.92 bits per heavy atom. The zero-order valence-electron chi connectivity index (χ0n) is 14.7. The maximum atomic E-state index is 14.0. The van der Waals surface area contributed by atoms with E-state index in [1.165, 1.54) is 6.07 Å². The van der Waals surface area contributed by atoms with Gasteiger partial charge in [-0.15, -0.1) is 0 Å². The van der Waals surface area contributed by atoms with Crippen LogP contribution in [0.4, 0.5) is 9.18 Å². The molecule has 6 nitrogen and oxygen atoms in total. The number of ether oxygens (including phenoxy) is 2. The van der Waals surface area contributed by atoms with Crippen molar-refractivity contribution >= 4 is 12.0 Å². The van der Waals surface area contributed by atoms with E-state index >= 15 is 0 Å². The highest BCUT2D eigenvalue weighted by Crippen LogP contribution is 2.23. The number of carbonyl (C=O) groups is 2. The van der Waals surface area contributed by atoms with Gasteiger partial charge in [0.2, 0.25) is 5.91 Å². The topological polar surface area (TPSA) is 90.7 Å². The van der Waals surface area contributed by atoms with Gasteiger partial charge in [0.15, 0.2) is 11.6 Å². The molecule has 0 bridgehead atoms. The van der Waals surface area contributed by atoms with E-state index in [9.17, 15) is 14.0 Å². The molecule has 1 aromatic carbocycles. The quantitative estimate of drug-likeness (QED) is 0.833. The maximum Gasteiger partial charge on any atom is 0.407 e. The molecule has 0 heterocycles. The third-order valence-electron chi connectivity index (χ3n) is 2.82. The SMILES string of the molecule is CC(C)COc1cc(CNC(=O)OC(C)(C)C)c(C(N)=O)cc1F. The van der Waals surface area contributed by atoms with Gasteiger partial charge in [0, 0.05) is 12.1 Å². The Hall–Kier alpha value is -2.31. The first-order chi connectivity index (χ1) is 11.0. The van der Waals surface area contributed by atoms with Crippen LogP contribution in [0.15, 0.2) is 12.1 Å². The van der Waals surface area contributed by atoms with E-state index in [-0.39, 0.29) is 23.8 Å². The second kappa shape index (κ2) is 7.99. The van der Waals surface area contributed by atoms with Crippen LogP contribution in [0.2, 0.25) is 0 Å². The molecule has 0 aliphatic heterocycles. The number of rotatable bonds is 6. The van der Waals surface area contributed by atoms with Crippen LogP contribution in [0.1, 0.15) is 50.5 Å². The van der Waals surface area contributed by atoms with Gasteiger partial charge in [0.1, 0.15) is 5.60 Å². The Kier molecular flexibility index (Phi) is 6.57. The molecule has 0 unspecified atom stereocenters. The number of amides is 2. The van der Waals surface area contributed by atoms with Crippen LogP contribution in [0.3, 0.4) is 0 Å². The molecule has 0 spiro atoms.